The van der Waals surface area contributed by atoms with Gasteiger partial charge in [0.15, 0.2) is 0 Å². The first-order valence-corrected chi connectivity index (χ1v) is 9.00. The zero-order chi connectivity index (χ0) is 21.6. The molecule has 30 heavy (non-hydrogen) atoms. The minimum atomic E-state index is -1.18. The Hall–Kier alpha value is -3.79. The molecule has 0 aliphatic heterocycles. The van der Waals surface area contributed by atoms with Crippen molar-refractivity contribution in [3.8, 4) is 17.1 Å². The Balaban J connectivity index is 1.69. The number of aromatic nitrogens is 2. The van der Waals surface area contributed by atoms with Crippen LogP contribution in [0.5, 0.6) is 5.75 Å². The fourth-order valence-electron chi connectivity index (χ4n) is 2.62. The normalized spacial score (nSPS) is 12.7. The molecule has 0 aliphatic rings. The fourth-order valence-corrected chi connectivity index (χ4v) is 2.62. The topological polar surface area (TPSA) is 130 Å². The average Bonchev–Trinajstić information content (AvgIpc) is 3.26. The number of hydrogen-bond donors (Lipinski definition) is 1. The predicted molar refractivity (Wildman–Crippen MR) is 106 cm³/mol. The first-order valence-electron chi connectivity index (χ1n) is 9.00. The molecule has 0 fully saturated rings. The van der Waals surface area contributed by atoms with E-state index < -0.39 is 16.4 Å². The molecule has 0 spiro atoms. The summed E-state index contributed by atoms with van der Waals surface area (Å²) in [7, 11) is 1.29. The highest BCUT2D eigenvalue weighted by Crippen LogP contribution is 2.21. The van der Waals surface area contributed by atoms with Gasteiger partial charge >= 0.3 is 5.97 Å². The van der Waals surface area contributed by atoms with Crippen molar-refractivity contribution >= 4 is 11.7 Å². The van der Waals surface area contributed by atoms with Gasteiger partial charge in [-0.05, 0) is 19.1 Å². The lowest BCUT2D eigenvalue weighted by molar-refractivity contribution is -0.384. The Morgan fingerprint density at radius 1 is 1.23 bits per heavy atom. The van der Waals surface area contributed by atoms with E-state index in [1.165, 1.54) is 25.3 Å². The molecule has 2 aromatic carbocycles. The van der Waals surface area contributed by atoms with Crippen LogP contribution in [-0.2, 0) is 16.1 Å². The SMILES string of the molecule is COC(=O)C(C)(COc1ccccc1)NCc1nc(-c2cccc([N+](=O)[O-])c2)no1. The van der Waals surface area contributed by atoms with Crippen molar-refractivity contribution in [1.82, 2.24) is 15.5 Å². The number of esters is 1. The monoisotopic (exact) mass is 412 g/mol. The first kappa shape index (κ1) is 20.9. The minimum Gasteiger partial charge on any atom is -0.491 e. The van der Waals surface area contributed by atoms with Gasteiger partial charge in [0, 0.05) is 17.7 Å². The standard InChI is InChI=1S/C20H20N4O6/c1-20(19(25)28-2,13-29-16-9-4-3-5-10-16)21-12-17-22-18(23-30-17)14-7-6-8-15(11-14)24(26)27/h3-11,21H,12-13H2,1-2H3. The number of rotatable bonds is 9. The van der Waals surface area contributed by atoms with E-state index in [0.717, 1.165) is 0 Å². The molecule has 1 N–H and O–H groups in total. The first-order chi connectivity index (χ1) is 14.4. The molecule has 0 aliphatic carbocycles. The molecule has 3 rings (SSSR count). The van der Waals surface area contributed by atoms with Gasteiger partial charge in [0.05, 0.1) is 18.6 Å². The number of ether oxygens (including phenoxy) is 2. The zero-order valence-electron chi connectivity index (χ0n) is 16.4. The highest BCUT2D eigenvalue weighted by molar-refractivity contribution is 5.80. The van der Waals surface area contributed by atoms with E-state index in [0.29, 0.717) is 11.3 Å². The van der Waals surface area contributed by atoms with Crippen LogP contribution in [0.4, 0.5) is 5.69 Å². The smallest absolute Gasteiger partial charge is 0.329 e. The number of methoxy groups -OCH3 is 1. The highest BCUT2D eigenvalue weighted by atomic mass is 16.6. The lowest BCUT2D eigenvalue weighted by Crippen LogP contribution is -2.54. The van der Waals surface area contributed by atoms with Crippen molar-refractivity contribution in [2.75, 3.05) is 13.7 Å². The molecule has 1 atom stereocenters. The van der Waals surface area contributed by atoms with Crippen LogP contribution >= 0.6 is 0 Å². The predicted octanol–water partition coefficient (Wildman–Crippen LogP) is 2.75. The lowest BCUT2D eigenvalue weighted by Gasteiger charge is -2.27. The van der Waals surface area contributed by atoms with E-state index >= 15 is 0 Å². The van der Waals surface area contributed by atoms with Gasteiger partial charge in [-0.25, -0.2) is 4.79 Å². The Labute approximate surface area is 172 Å². The molecule has 10 heteroatoms. The summed E-state index contributed by atoms with van der Waals surface area (Å²) >= 11 is 0. The maximum absolute atomic E-state index is 12.3. The Morgan fingerprint density at radius 2 is 2.00 bits per heavy atom. The molecule has 0 bridgehead atoms. The number of carbonyl (C=O) groups is 1. The van der Waals surface area contributed by atoms with Gasteiger partial charge in [-0.2, -0.15) is 4.98 Å². The summed E-state index contributed by atoms with van der Waals surface area (Å²) in [6.07, 6.45) is 0. The van der Waals surface area contributed by atoms with Crippen molar-refractivity contribution in [1.29, 1.82) is 0 Å². The van der Waals surface area contributed by atoms with Gasteiger partial charge in [-0.3, -0.25) is 15.4 Å². The van der Waals surface area contributed by atoms with Crippen LogP contribution < -0.4 is 10.1 Å². The summed E-state index contributed by atoms with van der Waals surface area (Å²) in [5.41, 5.74) is -0.805. The maximum atomic E-state index is 12.3. The quantitative estimate of drug-likeness (QED) is 0.320. The Kier molecular flexibility index (Phi) is 6.38. The van der Waals surface area contributed by atoms with Gasteiger partial charge in [0.2, 0.25) is 11.7 Å². The summed E-state index contributed by atoms with van der Waals surface area (Å²) in [4.78, 5) is 27.0. The number of non-ortho nitro benzene ring substituents is 1. The van der Waals surface area contributed by atoms with Crippen molar-refractivity contribution in [2.45, 2.75) is 19.0 Å². The Morgan fingerprint density at radius 3 is 2.70 bits per heavy atom. The summed E-state index contributed by atoms with van der Waals surface area (Å²) in [5.74, 6) is 0.499. The third-order valence-electron chi connectivity index (χ3n) is 4.32. The number of carbonyl (C=O) groups excluding carboxylic acids is 1. The number of hydrogen-bond acceptors (Lipinski definition) is 9. The number of nitrogens with zero attached hydrogens (tertiary/aromatic N) is 3. The van der Waals surface area contributed by atoms with Gasteiger partial charge < -0.3 is 14.0 Å². The van der Waals surface area contributed by atoms with Crippen LogP contribution in [-0.4, -0.2) is 40.3 Å². The molecular formula is C20H20N4O6. The minimum absolute atomic E-state index is 0.00949. The van der Waals surface area contributed by atoms with Gasteiger partial charge in [-0.15, -0.1) is 0 Å². The molecule has 10 nitrogen and oxygen atoms in total. The van der Waals surface area contributed by atoms with Crippen molar-refractivity contribution < 1.29 is 23.7 Å². The van der Waals surface area contributed by atoms with Gasteiger partial charge in [0.1, 0.15) is 17.9 Å². The van der Waals surface area contributed by atoms with Crippen molar-refractivity contribution in [2.24, 2.45) is 0 Å². The van der Waals surface area contributed by atoms with E-state index in [-0.39, 0.29) is 30.6 Å². The molecule has 0 saturated heterocycles. The van der Waals surface area contributed by atoms with Crippen molar-refractivity contribution in [3.05, 3.63) is 70.6 Å². The molecule has 1 heterocycles. The second-order valence-corrected chi connectivity index (χ2v) is 6.60. The van der Waals surface area contributed by atoms with E-state index in [1.54, 1.807) is 25.1 Å². The summed E-state index contributed by atoms with van der Waals surface area (Å²) < 4.78 is 15.8. The average molecular weight is 412 g/mol. The van der Waals surface area contributed by atoms with E-state index in [9.17, 15) is 14.9 Å². The molecular weight excluding hydrogens is 392 g/mol. The maximum Gasteiger partial charge on any atom is 0.329 e. The van der Waals surface area contributed by atoms with Crippen LogP contribution in [0.15, 0.2) is 59.1 Å². The number of nitro benzene ring substituents is 1. The zero-order valence-corrected chi connectivity index (χ0v) is 16.4. The van der Waals surface area contributed by atoms with Crippen LogP contribution in [0.1, 0.15) is 12.8 Å². The molecule has 156 valence electrons. The van der Waals surface area contributed by atoms with Gasteiger partial charge in [0.25, 0.3) is 5.69 Å². The van der Waals surface area contributed by atoms with E-state index in [2.05, 4.69) is 15.5 Å². The summed E-state index contributed by atoms with van der Waals surface area (Å²) in [5, 5.41) is 17.8. The van der Waals surface area contributed by atoms with E-state index in [1.807, 2.05) is 18.2 Å². The molecule has 0 amide bonds. The number of nitro groups is 1. The number of para-hydroxylation sites is 1. The largest absolute Gasteiger partial charge is 0.491 e. The fraction of sp³-hybridized carbons (Fsp3) is 0.250. The third kappa shape index (κ3) is 4.97. The van der Waals surface area contributed by atoms with Crippen LogP contribution in [0, 0.1) is 10.1 Å². The van der Waals surface area contributed by atoms with Crippen LogP contribution in [0.25, 0.3) is 11.4 Å². The summed E-state index contributed by atoms with van der Waals surface area (Å²) in [6.45, 7) is 1.71. The molecule has 0 saturated carbocycles. The van der Waals surface area contributed by atoms with E-state index in [4.69, 9.17) is 14.0 Å². The number of nitrogens with one attached hydrogen (secondary N) is 1. The lowest BCUT2D eigenvalue weighted by atomic mass is 10.0. The second-order valence-electron chi connectivity index (χ2n) is 6.60. The Bertz CT molecular complexity index is 1020. The van der Waals surface area contributed by atoms with Crippen LogP contribution in [0.3, 0.4) is 0 Å². The molecule has 3 aromatic rings. The molecule has 0 radical (unpaired) electrons. The summed E-state index contributed by atoms with van der Waals surface area (Å²) in [6, 6.07) is 15.0. The van der Waals surface area contributed by atoms with Crippen molar-refractivity contribution in [3.63, 3.8) is 0 Å². The third-order valence-corrected chi connectivity index (χ3v) is 4.32. The number of benzene rings is 2. The highest BCUT2D eigenvalue weighted by Gasteiger charge is 2.35. The molecule has 1 unspecified atom stereocenters. The van der Waals surface area contributed by atoms with Gasteiger partial charge in [-0.1, -0.05) is 35.5 Å². The molecule has 1 aromatic heterocycles. The second kappa shape index (κ2) is 9.14. The van der Waals surface area contributed by atoms with Crippen LogP contribution in [0.2, 0.25) is 0 Å².